The van der Waals surface area contributed by atoms with Gasteiger partial charge in [0, 0.05) is 31.5 Å². The summed E-state index contributed by atoms with van der Waals surface area (Å²) < 4.78 is 18.3. The van der Waals surface area contributed by atoms with E-state index in [0.29, 0.717) is 18.5 Å². The first-order chi connectivity index (χ1) is 16.9. The number of nitrogens with one attached hydrogen (secondary N) is 2. The van der Waals surface area contributed by atoms with Gasteiger partial charge in [0.1, 0.15) is 11.6 Å². The molecule has 3 rings (SSSR count). The number of hydrogen-bond acceptors (Lipinski definition) is 5. The SMILES string of the molecule is COc1cccc(CNC[C@H](O)[C@H](Cc2ccccc2)NC(=O)CCC(=O)c2ccc(F)cc2)c1.Cl. The van der Waals surface area contributed by atoms with Gasteiger partial charge in [0.2, 0.25) is 5.91 Å². The van der Waals surface area contributed by atoms with Gasteiger partial charge in [-0.1, -0.05) is 42.5 Å². The maximum atomic E-state index is 13.1. The molecule has 3 aromatic carbocycles. The largest absolute Gasteiger partial charge is 0.497 e. The Bertz CT molecular complexity index is 1100. The van der Waals surface area contributed by atoms with E-state index < -0.39 is 18.0 Å². The first kappa shape index (κ1) is 29.0. The van der Waals surface area contributed by atoms with Crippen LogP contribution in [-0.2, 0) is 17.8 Å². The fraction of sp³-hybridized carbons (Fsp3) is 0.286. The highest BCUT2D eigenvalue weighted by atomic mass is 35.5. The molecule has 0 aromatic heterocycles. The van der Waals surface area contributed by atoms with E-state index >= 15 is 0 Å². The number of hydrogen-bond donors (Lipinski definition) is 3. The summed E-state index contributed by atoms with van der Waals surface area (Å²) in [6.45, 7) is 0.802. The summed E-state index contributed by atoms with van der Waals surface area (Å²) in [6.07, 6.45) is -0.427. The normalized spacial score (nSPS) is 12.2. The van der Waals surface area contributed by atoms with Crippen molar-refractivity contribution >= 4 is 24.1 Å². The molecule has 0 aliphatic carbocycles. The fourth-order valence-electron chi connectivity index (χ4n) is 3.73. The molecule has 0 aliphatic heterocycles. The number of ketones is 1. The first-order valence-corrected chi connectivity index (χ1v) is 11.6. The maximum Gasteiger partial charge on any atom is 0.220 e. The van der Waals surface area contributed by atoms with Crippen LogP contribution in [-0.4, -0.2) is 42.6 Å². The van der Waals surface area contributed by atoms with Gasteiger partial charge in [0.25, 0.3) is 0 Å². The van der Waals surface area contributed by atoms with Crippen LogP contribution in [0.3, 0.4) is 0 Å². The highest BCUT2D eigenvalue weighted by molar-refractivity contribution is 5.97. The lowest BCUT2D eigenvalue weighted by Gasteiger charge is -2.25. The van der Waals surface area contributed by atoms with Crippen LogP contribution in [0, 0.1) is 5.82 Å². The number of amides is 1. The highest BCUT2D eigenvalue weighted by Gasteiger charge is 2.22. The molecule has 0 bridgehead atoms. The lowest BCUT2D eigenvalue weighted by Crippen LogP contribution is -2.48. The zero-order valence-corrected chi connectivity index (χ0v) is 21.0. The monoisotopic (exact) mass is 514 g/mol. The smallest absolute Gasteiger partial charge is 0.220 e. The van der Waals surface area contributed by atoms with Gasteiger partial charge < -0.3 is 20.5 Å². The number of aliphatic hydroxyl groups is 1. The van der Waals surface area contributed by atoms with Gasteiger partial charge in [-0.2, -0.15) is 0 Å². The number of carbonyl (C=O) groups is 2. The molecular formula is C28H32ClFN2O4. The molecule has 6 nitrogen and oxygen atoms in total. The minimum Gasteiger partial charge on any atom is -0.497 e. The maximum absolute atomic E-state index is 13.1. The Morgan fingerprint density at radius 3 is 2.33 bits per heavy atom. The molecule has 8 heteroatoms. The molecule has 1 amide bonds. The summed E-state index contributed by atoms with van der Waals surface area (Å²) in [5.74, 6) is -0.222. The zero-order valence-electron chi connectivity index (χ0n) is 20.2. The number of aliphatic hydroxyl groups excluding tert-OH is 1. The van der Waals surface area contributed by atoms with E-state index in [9.17, 15) is 19.1 Å². The van der Waals surface area contributed by atoms with Crippen molar-refractivity contribution in [3.05, 3.63) is 101 Å². The molecule has 36 heavy (non-hydrogen) atoms. The standard InChI is InChI=1S/C28H31FN2O4.ClH/c1-35-24-9-5-8-21(16-24)18-30-19-27(33)25(17-20-6-3-2-4-7-20)31-28(34)15-14-26(32)22-10-12-23(29)13-11-22;/h2-13,16,25,27,30,33H,14-15,17-19H2,1H3,(H,31,34);1H/t25-,27-;/m0./s1. The van der Waals surface area contributed by atoms with Crippen LogP contribution >= 0.6 is 12.4 Å². The number of Topliss-reactive ketones (excluding diaryl/α,β-unsaturated/α-hetero) is 1. The van der Waals surface area contributed by atoms with Crippen LogP contribution in [0.1, 0.15) is 34.3 Å². The number of carbonyl (C=O) groups excluding carboxylic acids is 2. The van der Waals surface area contributed by atoms with Crippen molar-refractivity contribution in [1.82, 2.24) is 10.6 Å². The van der Waals surface area contributed by atoms with Crippen molar-refractivity contribution in [2.75, 3.05) is 13.7 Å². The number of methoxy groups -OCH3 is 1. The van der Waals surface area contributed by atoms with Crippen LogP contribution in [0.4, 0.5) is 4.39 Å². The van der Waals surface area contributed by atoms with Crippen LogP contribution < -0.4 is 15.4 Å². The minimum atomic E-state index is -0.849. The minimum absolute atomic E-state index is 0. The van der Waals surface area contributed by atoms with Gasteiger partial charge in [-0.05, 0) is 53.9 Å². The van der Waals surface area contributed by atoms with E-state index in [1.54, 1.807) is 7.11 Å². The molecule has 0 radical (unpaired) electrons. The summed E-state index contributed by atoms with van der Waals surface area (Å²) in [7, 11) is 1.61. The Hall–Kier alpha value is -3.26. The second-order valence-electron chi connectivity index (χ2n) is 8.34. The molecule has 0 fully saturated rings. The van der Waals surface area contributed by atoms with Crippen LogP contribution in [0.5, 0.6) is 5.75 Å². The quantitative estimate of drug-likeness (QED) is 0.299. The zero-order chi connectivity index (χ0) is 25.0. The van der Waals surface area contributed by atoms with Crippen LogP contribution in [0.15, 0.2) is 78.9 Å². The molecule has 2 atom stereocenters. The molecule has 192 valence electrons. The lowest BCUT2D eigenvalue weighted by atomic mass is 10.00. The summed E-state index contributed by atoms with van der Waals surface area (Å²) in [5.41, 5.74) is 2.35. The topological polar surface area (TPSA) is 87.7 Å². The lowest BCUT2D eigenvalue weighted by molar-refractivity contribution is -0.122. The number of benzene rings is 3. The van der Waals surface area contributed by atoms with Crippen molar-refractivity contribution in [3.8, 4) is 5.75 Å². The summed E-state index contributed by atoms with van der Waals surface area (Å²) in [5, 5.41) is 17.0. The van der Waals surface area contributed by atoms with Crippen LogP contribution in [0.2, 0.25) is 0 Å². The van der Waals surface area contributed by atoms with Gasteiger partial charge in [0.15, 0.2) is 5.78 Å². The summed E-state index contributed by atoms with van der Waals surface area (Å²) >= 11 is 0. The van der Waals surface area contributed by atoms with Gasteiger partial charge in [-0.15, -0.1) is 12.4 Å². The van der Waals surface area contributed by atoms with E-state index in [0.717, 1.165) is 16.9 Å². The molecule has 0 spiro atoms. The van der Waals surface area contributed by atoms with Gasteiger partial charge in [0.05, 0.1) is 19.3 Å². The van der Waals surface area contributed by atoms with Gasteiger partial charge >= 0.3 is 0 Å². The third-order valence-corrected chi connectivity index (χ3v) is 5.67. The summed E-state index contributed by atoms with van der Waals surface area (Å²) in [6, 6.07) is 22.0. The first-order valence-electron chi connectivity index (χ1n) is 11.6. The van der Waals surface area contributed by atoms with E-state index in [1.165, 1.54) is 24.3 Å². The van der Waals surface area contributed by atoms with Crippen LogP contribution in [0.25, 0.3) is 0 Å². The van der Waals surface area contributed by atoms with Crippen molar-refractivity contribution in [3.63, 3.8) is 0 Å². The second-order valence-corrected chi connectivity index (χ2v) is 8.34. The Kier molecular flexibility index (Phi) is 12.1. The van der Waals surface area contributed by atoms with Crippen molar-refractivity contribution in [2.24, 2.45) is 0 Å². The predicted octanol–water partition coefficient (Wildman–Crippen LogP) is 4.10. The Balaban J connectivity index is 0.00000456. The third kappa shape index (κ3) is 9.41. The Labute approximate surface area is 217 Å². The molecule has 3 N–H and O–H groups in total. The van der Waals surface area contributed by atoms with E-state index in [4.69, 9.17) is 4.74 Å². The fourth-order valence-corrected chi connectivity index (χ4v) is 3.73. The summed E-state index contributed by atoms with van der Waals surface area (Å²) in [4.78, 5) is 25.0. The number of ether oxygens (including phenoxy) is 1. The van der Waals surface area contributed by atoms with Gasteiger partial charge in [-0.3, -0.25) is 9.59 Å². The van der Waals surface area contributed by atoms with E-state index in [2.05, 4.69) is 10.6 Å². The van der Waals surface area contributed by atoms with Crippen molar-refractivity contribution in [1.29, 1.82) is 0 Å². The van der Waals surface area contributed by atoms with Crippen molar-refractivity contribution in [2.45, 2.75) is 38.0 Å². The second kappa shape index (κ2) is 15.0. The molecular weight excluding hydrogens is 483 g/mol. The number of halogens is 2. The average molecular weight is 515 g/mol. The van der Waals surface area contributed by atoms with E-state index in [-0.39, 0.29) is 43.5 Å². The van der Waals surface area contributed by atoms with Gasteiger partial charge in [-0.25, -0.2) is 4.39 Å². The Morgan fingerprint density at radius 1 is 0.944 bits per heavy atom. The molecule has 0 saturated heterocycles. The highest BCUT2D eigenvalue weighted by Crippen LogP contribution is 2.13. The third-order valence-electron chi connectivity index (χ3n) is 5.67. The predicted molar refractivity (Wildman–Crippen MR) is 140 cm³/mol. The molecule has 0 heterocycles. The Morgan fingerprint density at radius 2 is 1.64 bits per heavy atom. The van der Waals surface area contributed by atoms with E-state index in [1.807, 2.05) is 54.6 Å². The molecule has 0 unspecified atom stereocenters. The van der Waals surface area contributed by atoms with Crippen molar-refractivity contribution < 1.29 is 23.8 Å². The number of rotatable bonds is 13. The molecule has 3 aromatic rings. The molecule has 0 saturated carbocycles. The average Bonchev–Trinajstić information content (AvgIpc) is 2.88. The molecule has 0 aliphatic rings.